The second kappa shape index (κ2) is 9.78. The van der Waals surface area contributed by atoms with Crippen molar-refractivity contribution in [3.05, 3.63) is 71.1 Å². The van der Waals surface area contributed by atoms with Gasteiger partial charge in [0.1, 0.15) is 17.5 Å². The predicted molar refractivity (Wildman–Crippen MR) is 136 cm³/mol. The molecule has 1 atom stereocenters. The first-order chi connectivity index (χ1) is 17.7. The van der Waals surface area contributed by atoms with Crippen molar-refractivity contribution in [2.45, 2.75) is 26.9 Å². The van der Waals surface area contributed by atoms with Crippen LogP contribution in [0.25, 0.3) is 22.3 Å². The minimum atomic E-state index is -0.779. The van der Waals surface area contributed by atoms with Crippen LogP contribution in [0.2, 0.25) is 0 Å². The van der Waals surface area contributed by atoms with Gasteiger partial charge in [0.25, 0.3) is 5.91 Å². The number of ether oxygens (including phenoxy) is 1. The molecular weight excluding hydrogens is 478 g/mol. The number of aryl methyl sites for hydroxylation is 3. The lowest BCUT2D eigenvalue weighted by Gasteiger charge is -2.34. The smallest absolute Gasteiger partial charge is 0.258 e. The van der Waals surface area contributed by atoms with Gasteiger partial charge in [0.2, 0.25) is 5.95 Å². The lowest BCUT2D eigenvalue weighted by molar-refractivity contribution is -0.130. The summed E-state index contributed by atoms with van der Waals surface area (Å²) in [6, 6.07) is 10.7. The molecule has 0 N–H and O–H groups in total. The first-order valence-electron chi connectivity index (χ1n) is 11.9. The number of benzene rings is 1. The molecular formula is C27H26F2N6O2. The molecule has 4 heterocycles. The molecule has 8 nitrogen and oxygen atoms in total. The Hall–Kier alpha value is -4.05. The molecule has 190 valence electrons. The van der Waals surface area contributed by atoms with Crippen LogP contribution in [0.4, 0.5) is 20.5 Å². The maximum atomic E-state index is 14.9. The van der Waals surface area contributed by atoms with Gasteiger partial charge in [-0.25, -0.2) is 23.7 Å². The SMILES string of the molecule is Cc1cccc(N(C)C(=O)[C@H]2CN(c3nc(-c4ccc(F)cc4F)c4cc(C)c(C)nc4n3)CCO2)n1. The number of pyridine rings is 2. The summed E-state index contributed by atoms with van der Waals surface area (Å²) in [5.74, 6) is -0.840. The van der Waals surface area contributed by atoms with Crippen LogP contribution in [-0.4, -0.2) is 58.7 Å². The fourth-order valence-corrected chi connectivity index (χ4v) is 4.29. The molecule has 0 saturated carbocycles. The van der Waals surface area contributed by atoms with Crippen LogP contribution in [0.15, 0.2) is 42.5 Å². The minimum absolute atomic E-state index is 0.145. The molecule has 0 radical (unpaired) electrons. The van der Waals surface area contributed by atoms with E-state index in [4.69, 9.17) is 4.74 Å². The van der Waals surface area contributed by atoms with Crippen molar-refractivity contribution in [2.75, 3.05) is 36.5 Å². The number of aromatic nitrogens is 4. The van der Waals surface area contributed by atoms with Crippen LogP contribution in [0, 0.1) is 32.4 Å². The van der Waals surface area contributed by atoms with E-state index in [9.17, 15) is 13.6 Å². The van der Waals surface area contributed by atoms with Gasteiger partial charge in [-0.15, -0.1) is 0 Å². The highest BCUT2D eigenvalue weighted by Crippen LogP contribution is 2.31. The number of anilines is 2. The van der Waals surface area contributed by atoms with Crippen LogP contribution in [-0.2, 0) is 9.53 Å². The van der Waals surface area contributed by atoms with Gasteiger partial charge in [0.05, 0.1) is 18.8 Å². The number of carbonyl (C=O) groups excluding carboxylic acids is 1. The molecule has 1 fully saturated rings. The molecule has 3 aromatic heterocycles. The summed E-state index contributed by atoms with van der Waals surface area (Å²) in [7, 11) is 1.66. The second-order valence-electron chi connectivity index (χ2n) is 9.10. The topological polar surface area (TPSA) is 84.3 Å². The van der Waals surface area contributed by atoms with E-state index in [0.717, 1.165) is 23.0 Å². The lowest BCUT2D eigenvalue weighted by Crippen LogP contribution is -2.51. The van der Waals surface area contributed by atoms with E-state index in [0.29, 0.717) is 35.0 Å². The average Bonchev–Trinajstić information content (AvgIpc) is 2.88. The second-order valence-corrected chi connectivity index (χ2v) is 9.10. The van der Waals surface area contributed by atoms with Crippen molar-refractivity contribution >= 4 is 28.7 Å². The standard InChI is InChI=1S/C27H26F2N6O2/c1-15-12-20-24(19-9-8-18(28)13-21(19)29)32-27(33-25(20)31-17(15)3)35-10-11-37-22(14-35)26(36)34(4)23-7-5-6-16(2)30-23/h5-9,12-13,22H,10-11,14H2,1-4H3/t22-/m1/s1. The number of fused-ring (bicyclic) bond motifs is 1. The van der Waals surface area contributed by atoms with Crippen LogP contribution >= 0.6 is 0 Å². The van der Waals surface area contributed by atoms with Crippen molar-refractivity contribution in [3.8, 4) is 11.3 Å². The Bertz CT molecular complexity index is 1510. The quantitative estimate of drug-likeness (QED) is 0.413. The summed E-state index contributed by atoms with van der Waals surface area (Å²) in [6.45, 7) is 6.52. The summed E-state index contributed by atoms with van der Waals surface area (Å²) < 4.78 is 34.3. The predicted octanol–water partition coefficient (Wildman–Crippen LogP) is 4.16. The number of rotatable bonds is 4. The van der Waals surface area contributed by atoms with E-state index in [2.05, 4.69) is 19.9 Å². The Morgan fingerprint density at radius 2 is 1.86 bits per heavy atom. The zero-order valence-corrected chi connectivity index (χ0v) is 21.0. The maximum Gasteiger partial charge on any atom is 0.258 e. The summed E-state index contributed by atoms with van der Waals surface area (Å²) in [5, 5.41) is 0.559. The van der Waals surface area contributed by atoms with Crippen molar-refractivity contribution in [3.63, 3.8) is 0 Å². The third-order valence-corrected chi connectivity index (χ3v) is 6.48. The largest absolute Gasteiger partial charge is 0.365 e. The number of carbonyl (C=O) groups is 1. The summed E-state index contributed by atoms with van der Waals surface area (Å²) in [4.78, 5) is 34.9. The Morgan fingerprint density at radius 1 is 1.05 bits per heavy atom. The third-order valence-electron chi connectivity index (χ3n) is 6.48. The fraction of sp³-hybridized carbons (Fsp3) is 0.296. The molecule has 37 heavy (non-hydrogen) atoms. The van der Waals surface area contributed by atoms with Gasteiger partial charge in [-0.1, -0.05) is 6.07 Å². The summed E-state index contributed by atoms with van der Waals surface area (Å²) in [6.07, 6.45) is -0.779. The zero-order chi connectivity index (χ0) is 26.3. The molecule has 0 unspecified atom stereocenters. The number of morpholine rings is 1. The highest BCUT2D eigenvalue weighted by atomic mass is 19.1. The normalized spacial score (nSPS) is 15.7. The molecule has 0 bridgehead atoms. The molecule has 1 saturated heterocycles. The number of nitrogens with zero attached hydrogens (tertiary/aromatic N) is 6. The number of hydrogen-bond donors (Lipinski definition) is 0. The van der Waals surface area contributed by atoms with Crippen LogP contribution in [0.3, 0.4) is 0 Å². The molecule has 5 rings (SSSR count). The van der Waals surface area contributed by atoms with E-state index in [-0.39, 0.29) is 24.6 Å². The van der Waals surface area contributed by atoms with Crippen molar-refractivity contribution in [1.82, 2.24) is 19.9 Å². The Labute approximate surface area is 213 Å². The number of amides is 1. The average molecular weight is 505 g/mol. The zero-order valence-electron chi connectivity index (χ0n) is 21.0. The minimum Gasteiger partial charge on any atom is -0.365 e. The highest BCUT2D eigenvalue weighted by Gasteiger charge is 2.32. The van der Waals surface area contributed by atoms with Crippen LogP contribution < -0.4 is 9.80 Å². The Balaban J connectivity index is 1.52. The molecule has 1 aliphatic heterocycles. The molecule has 1 aliphatic rings. The molecule has 4 aromatic rings. The summed E-state index contributed by atoms with van der Waals surface area (Å²) >= 11 is 0. The summed E-state index contributed by atoms with van der Waals surface area (Å²) in [5.41, 5.74) is 3.32. The molecule has 0 aliphatic carbocycles. The first kappa shape index (κ1) is 24.6. The van der Waals surface area contributed by atoms with Gasteiger partial charge in [-0.2, -0.15) is 4.98 Å². The van der Waals surface area contributed by atoms with Crippen molar-refractivity contribution in [2.24, 2.45) is 0 Å². The van der Waals surface area contributed by atoms with Crippen molar-refractivity contribution < 1.29 is 18.3 Å². The van der Waals surface area contributed by atoms with Gasteiger partial charge in [-0.3, -0.25) is 9.69 Å². The van der Waals surface area contributed by atoms with E-state index in [1.165, 1.54) is 17.0 Å². The van der Waals surface area contributed by atoms with E-state index in [1.807, 2.05) is 43.9 Å². The fourth-order valence-electron chi connectivity index (χ4n) is 4.29. The monoisotopic (exact) mass is 504 g/mol. The van der Waals surface area contributed by atoms with Gasteiger partial charge < -0.3 is 9.64 Å². The molecule has 1 aromatic carbocycles. The molecule has 1 amide bonds. The van der Waals surface area contributed by atoms with Gasteiger partial charge in [-0.05, 0) is 56.7 Å². The number of halogens is 2. The van der Waals surface area contributed by atoms with E-state index < -0.39 is 17.7 Å². The van der Waals surface area contributed by atoms with E-state index in [1.54, 1.807) is 13.1 Å². The van der Waals surface area contributed by atoms with Crippen LogP contribution in [0.1, 0.15) is 17.0 Å². The van der Waals surface area contributed by atoms with Crippen LogP contribution in [0.5, 0.6) is 0 Å². The van der Waals surface area contributed by atoms with Gasteiger partial charge >= 0.3 is 0 Å². The third kappa shape index (κ3) is 4.84. The lowest BCUT2D eigenvalue weighted by atomic mass is 10.1. The molecule has 0 spiro atoms. The number of likely N-dealkylation sites (N-methyl/N-ethyl adjacent to an activating group) is 1. The van der Waals surface area contributed by atoms with Gasteiger partial charge in [0, 0.05) is 42.0 Å². The number of hydrogen-bond acceptors (Lipinski definition) is 7. The highest BCUT2D eigenvalue weighted by molar-refractivity contribution is 5.96. The van der Waals surface area contributed by atoms with Gasteiger partial charge in [0.15, 0.2) is 11.8 Å². The Kier molecular flexibility index (Phi) is 6.51. The maximum absolute atomic E-state index is 14.9. The Morgan fingerprint density at radius 3 is 2.62 bits per heavy atom. The molecule has 10 heteroatoms. The van der Waals surface area contributed by atoms with Crippen molar-refractivity contribution in [1.29, 1.82) is 0 Å². The van der Waals surface area contributed by atoms with E-state index >= 15 is 0 Å². The first-order valence-corrected chi connectivity index (χ1v) is 11.9.